The summed E-state index contributed by atoms with van der Waals surface area (Å²) in [7, 11) is 6.66. The van der Waals surface area contributed by atoms with Gasteiger partial charge in [0.05, 0.1) is 40.2 Å². The second-order valence-electron chi connectivity index (χ2n) is 6.34. The summed E-state index contributed by atoms with van der Waals surface area (Å²) in [6.07, 6.45) is 2.95. The second-order valence-corrected chi connectivity index (χ2v) is 6.34. The SMILES string of the molecule is COc1cc2c(cc1OC)C[n+]1ccc3cc(OC)c(OC)cc3c1C2. The molecule has 0 saturated carbocycles. The molecule has 1 aliphatic rings. The molecular formula is C21H22NO4+. The van der Waals surface area contributed by atoms with Crippen LogP contribution in [0.4, 0.5) is 0 Å². The van der Waals surface area contributed by atoms with Gasteiger partial charge in [-0.05, 0) is 35.2 Å². The maximum atomic E-state index is 5.50. The molecule has 3 aromatic rings. The van der Waals surface area contributed by atoms with E-state index >= 15 is 0 Å². The van der Waals surface area contributed by atoms with Crippen molar-refractivity contribution in [2.75, 3.05) is 28.4 Å². The van der Waals surface area contributed by atoms with Crippen LogP contribution in [0.25, 0.3) is 10.8 Å². The molecule has 1 aromatic heterocycles. The van der Waals surface area contributed by atoms with E-state index in [1.807, 2.05) is 6.07 Å². The Hall–Kier alpha value is -2.95. The lowest BCUT2D eigenvalue weighted by Crippen LogP contribution is -2.42. The van der Waals surface area contributed by atoms with E-state index in [1.165, 1.54) is 22.2 Å². The van der Waals surface area contributed by atoms with Gasteiger partial charge in [-0.3, -0.25) is 0 Å². The number of benzene rings is 2. The average molecular weight is 352 g/mol. The van der Waals surface area contributed by atoms with Gasteiger partial charge in [-0.15, -0.1) is 0 Å². The molecule has 1 aliphatic heterocycles. The first kappa shape index (κ1) is 16.5. The van der Waals surface area contributed by atoms with Gasteiger partial charge in [-0.1, -0.05) is 0 Å². The number of hydrogen-bond acceptors (Lipinski definition) is 4. The number of methoxy groups -OCH3 is 4. The minimum Gasteiger partial charge on any atom is -0.493 e. The molecule has 2 heterocycles. The van der Waals surface area contributed by atoms with Crippen LogP contribution in [0.15, 0.2) is 36.5 Å². The van der Waals surface area contributed by atoms with Crippen molar-refractivity contribution < 1.29 is 23.5 Å². The third-order valence-corrected chi connectivity index (χ3v) is 5.05. The Labute approximate surface area is 152 Å². The smallest absolute Gasteiger partial charge is 0.194 e. The first-order valence-corrected chi connectivity index (χ1v) is 8.49. The summed E-state index contributed by atoms with van der Waals surface area (Å²) in [5, 5.41) is 2.31. The highest BCUT2D eigenvalue weighted by atomic mass is 16.5. The molecule has 4 rings (SSSR count). The van der Waals surface area contributed by atoms with Crippen molar-refractivity contribution in [3.63, 3.8) is 0 Å². The lowest BCUT2D eigenvalue weighted by molar-refractivity contribution is -0.696. The average Bonchev–Trinajstić information content (AvgIpc) is 2.69. The number of nitrogens with zero attached hydrogens (tertiary/aromatic N) is 1. The fraction of sp³-hybridized carbons (Fsp3) is 0.286. The molecule has 0 radical (unpaired) electrons. The molecule has 0 unspecified atom stereocenters. The topological polar surface area (TPSA) is 40.8 Å². The largest absolute Gasteiger partial charge is 0.493 e. The first-order valence-electron chi connectivity index (χ1n) is 8.49. The quantitative estimate of drug-likeness (QED) is 0.529. The minimum absolute atomic E-state index is 0.743. The molecule has 0 spiro atoms. The maximum absolute atomic E-state index is 5.50. The Morgan fingerprint density at radius 2 is 1.31 bits per heavy atom. The third-order valence-electron chi connectivity index (χ3n) is 5.05. The number of fused-ring (bicyclic) bond motifs is 4. The van der Waals surface area contributed by atoms with E-state index in [-0.39, 0.29) is 0 Å². The van der Waals surface area contributed by atoms with Crippen LogP contribution < -0.4 is 23.5 Å². The van der Waals surface area contributed by atoms with E-state index in [1.54, 1.807) is 28.4 Å². The molecule has 0 atom stereocenters. The van der Waals surface area contributed by atoms with Gasteiger partial charge in [0.25, 0.3) is 0 Å². The molecule has 5 heteroatoms. The highest BCUT2D eigenvalue weighted by Gasteiger charge is 2.26. The number of ether oxygens (including phenoxy) is 4. The predicted molar refractivity (Wildman–Crippen MR) is 98.7 cm³/mol. The summed E-state index contributed by atoms with van der Waals surface area (Å²) < 4.78 is 24.1. The Bertz CT molecular complexity index is 997. The molecule has 2 aromatic carbocycles. The predicted octanol–water partition coefficient (Wildman–Crippen LogP) is 3.11. The van der Waals surface area contributed by atoms with Crippen LogP contribution in [0.5, 0.6) is 23.0 Å². The molecule has 0 amide bonds. The molecule has 0 N–H and O–H groups in total. The summed E-state index contributed by atoms with van der Waals surface area (Å²) in [4.78, 5) is 0. The van der Waals surface area contributed by atoms with E-state index in [9.17, 15) is 0 Å². The van der Waals surface area contributed by atoms with Crippen LogP contribution in [-0.2, 0) is 13.0 Å². The monoisotopic (exact) mass is 352 g/mol. The normalized spacial score (nSPS) is 12.3. The lowest BCUT2D eigenvalue weighted by atomic mass is 9.94. The lowest BCUT2D eigenvalue weighted by Gasteiger charge is -2.19. The van der Waals surface area contributed by atoms with Crippen molar-refractivity contribution in [2.45, 2.75) is 13.0 Å². The summed E-state index contributed by atoms with van der Waals surface area (Å²) >= 11 is 0. The minimum atomic E-state index is 0.743. The van der Waals surface area contributed by atoms with Gasteiger partial charge in [-0.25, -0.2) is 0 Å². The van der Waals surface area contributed by atoms with Crippen molar-refractivity contribution in [1.29, 1.82) is 0 Å². The van der Waals surface area contributed by atoms with Gasteiger partial charge < -0.3 is 18.9 Å². The fourth-order valence-electron chi connectivity index (χ4n) is 3.68. The van der Waals surface area contributed by atoms with E-state index < -0.39 is 0 Å². The number of rotatable bonds is 4. The van der Waals surface area contributed by atoms with E-state index in [4.69, 9.17) is 18.9 Å². The van der Waals surface area contributed by atoms with Crippen LogP contribution in [0, 0.1) is 0 Å². The van der Waals surface area contributed by atoms with Gasteiger partial charge in [0.1, 0.15) is 0 Å². The molecule has 0 fully saturated rings. The summed E-state index contributed by atoms with van der Waals surface area (Å²) in [5.41, 5.74) is 3.76. The molecule has 0 saturated heterocycles. The van der Waals surface area contributed by atoms with Gasteiger partial charge in [0, 0.05) is 11.6 Å². The van der Waals surface area contributed by atoms with Crippen molar-refractivity contribution >= 4 is 10.8 Å². The van der Waals surface area contributed by atoms with Crippen molar-refractivity contribution in [1.82, 2.24) is 0 Å². The van der Waals surface area contributed by atoms with Crippen LogP contribution in [0.2, 0.25) is 0 Å². The Kier molecular flexibility index (Phi) is 4.07. The second kappa shape index (κ2) is 6.41. The molecule has 5 nitrogen and oxygen atoms in total. The summed E-state index contributed by atoms with van der Waals surface area (Å²) in [5.74, 6) is 3.02. The summed E-state index contributed by atoms with van der Waals surface area (Å²) in [6.45, 7) is 0.801. The van der Waals surface area contributed by atoms with E-state index in [0.717, 1.165) is 41.3 Å². The zero-order valence-corrected chi connectivity index (χ0v) is 15.5. The summed E-state index contributed by atoms with van der Waals surface area (Å²) in [6, 6.07) is 10.4. The molecular weight excluding hydrogens is 330 g/mol. The van der Waals surface area contributed by atoms with Gasteiger partial charge >= 0.3 is 0 Å². The van der Waals surface area contributed by atoms with Crippen LogP contribution in [0.3, 0.4) is 0 Å². The molecule has 0 bridgehead atoms. The Morgan fingerprint density at radius 3 is 1.96 bits per heavy atom. The maximum Gasteiger partial charge on any atom is 0.194 e. The number of hydrogen-bond donors (Lipinski definition) is 0. The van der Waals surface area contributed by atoms with Crippen LogP contribution in [0.1, 0.15) is 16.8 Å². The molecule has 26 heavy (non-hydrogen) atoms. The highest BCUT2D eigenvalue weighted by Crippen LogP contribution is 2.36. The van der Waals surface area contributed by atoms with Gasteiger partial charge in [0.15, 0.2) is 41.4 Å². The van der Waals surface area contributed by atoms with Crippen molar-refractivity contribution in [2.24, 2.45) is 0 Å². The number of aromatic nitrogens is 1. The molecule has 134 valence electrons. The fourth-order valence-corrected chi connectivity index (χ4v) is 3.68. The zero-order valence-electron chi connectivity index (χ0n) is 15.5. The zero-order chi connectivity index (χ0) is 18.3. The van der Waals surface area contributed by atoms with Gasteiger partial charge in [0.2, 0.25) is 0 Å². The van der Waals surface area contributed by atoms with E-state index in [2.05, 4.69) is 35.0 Å². The van der Waals surface area contributed by atoms with Crippen LogP contribution in [-0.4, -0.2) is 28.4 Å². The highest BCUT2D eigenvalue weighted by molar-refractivity contribution is 5.87. The Balaban J connectivity index is 1.87. The number of pyridine rings is 1. The standard InChI is InChI=1S/C21H22NO4/c1-23-18-8-13-5-6-22-12-15-10-20(25-3)19(24-2)9-14(15)7-17(22)16(13)11-21(18)26-4/h5-6,8-11H,7,12H2,1-4H3/q+1. The Morgan fingerprint density at radius 1 is 0.731 bits per heavy atom. The third kappa shape index (κ3) is 2.51. The van der Waals surface area contributed by atoms with Gasteiger partial charge in [-0.2, -0.15) is 4.57 Å². The first-order chi connectivity index (χ1) is 12.7. The van der Waals surface area contributed by atoms with Crippen molar-refractivity contribution in [3.05, 3.63) is 53.3 Å². The molecule has 0 aliphatic carbocycles. The van der Waals surface area contributed by atoms with E-state index in [0.29, 0.717) is 0 Å². The van der Waals surface area contributed by atoms with Crippen LogP contribution >= 0.6 is 0 Å². The van der Waals surface area contributed by atoms with Crippen molar-refractivity contribution in [3.8, 4) is 23.0 Å².